The Balaban J connectivity index is 1.48. The summed E-state index contributed by atoms with van der Waals surface area (Å²) < 4.78 is 29.0. The zero-order valence-corrected chi connectivity index (χ0v) is 16.9. The normalized spacial score (nSPS) is 10.4. The number of thiazole rings is 1. The summed E-state index contributed by atoms with van der Waals surface area (Å²) in [6.07, 6.45) is 0.650. The van der Waals surface area contributed by atoms with E-state index in [1.807, 2.05) is 18.2 Å². The van der Waals surface area contributed by atoms with Gasteiger partial charge in [0.15, 0.2) is 11.5 Å². The van der Waals surface area contributed by atoms with Crippen molar-refractivity contribution in [2.75, 3.05) is 20.8 Å². The van der Waals surface area contributed by atoms with Gasteiger partial charge in [0.25, 0.3) is 5.91 Å². The van der Waals surface area contributed by atoms with E-state index in [1.54, 1.807) is 31.7 Å². The largest absolute Gasteiger partial charge is 0.493 e. The summed E-state index contributed by atoms with van der Waals surface area (Å²) in [6, 6.07) is 11.4. The van der Waals surface area contributed by atoms with Gasteiger partial charge in [0.1, 0.15) is 28.9 Å². The van der Waals surface area contributed by atoms with Crippen molar-refractivity contribution in [2.45, 2.75) is 13.0 Å². The van der Waals surface area contributed by atoms with Gasteiger partial charge in [-0.1, -0.05) is 6.07 Å². The highest BCUT2D eigenvalue weighted by atomic mass is 32.1. The summed E-state index contributed by atoms with van der Waals surface area (Å²) in [4.78, 5) is 16.6. The van der Waals surface area contributed by atoms with E-state index in [1.165, 1.54) is 23.5 Å². The van der Waals surface area contributed by atoms with E-state index in [0.717, 1.165) is 5.56 Å². The van der Waals surface area contributed by atoms with E-state index in [2.05, 4.69) is 10.3 Å². The predicted molar refractivity (Wildman–Crippen MR) is 108 cm³/mol. The summed E-state index contributed by atoms with van der Waals surface area (Å²) in [5.41, 5.74) is 1.37. The van der Waals surface area contributed by atoms with Gasteiger partial charge in [0.2, 0.25) is 0 Å². The number of hydrogen-bond acceptors (Lipinski definition) is 6. The van der Waals surface area contributed by atoms with Crippen LogP contribution in [-0.2, 0) is 13.0 Å². The minimum atomic E-state index is -0.321. The van der Waals surface area contributed by atoms with Crippen LogP contribution in [0.3, 0.4) is 0 Å². The SMILES string of the molecule is COc1ccc(CCNC(=O)c2csc(COc3ccc(F)cc3)n2)cc1OC. The Hall–Kier alpha value is -3.13. The fourth-order valence-electron chi connectivity index (χ4n) is 2.60. The second kappa shape index (κ2) is 9.88. The number of amides is 1. The van der Waals surface area contributed by atoms with Gasteiger partial charge in [-0.25, -0.2) is 9.37 Å². The van der Waals surface area contributed by atoms with Crippen molar-refractivity contribution in [1.29, 1.82) is 0 Å². The van der Waals surface area contributed by atoms with E-state index < -0.39 is 0 Å². The van der Waals surface area contributed by atoms with Crippen molar-refractivity contribution < 1.29 is 23.4 Å². The molecule has 3 rings (SSSR count). The van der Waals surface area contributed by atoms with Crippen LogP contribution < -0.4 is 19.5 Å². The first-order valence-electron chi connectivity index (χ1n) is 8.91. The van der Waals surface area contributed by atoms with Gasteiger partial charge in [-0.05, 0) is 48.4 Å². The van der Waals surface area contributed by atoms with Crippen molar-refractivity contribution in [3.63, 3.8) is 0 Å². The van der Waals surface area contributed by atoms with Crippen molar-refractivity contribution in [3.05, 3.63) is 69.9 Å². The van der Waals surface area contributed by atoms with Crippen LogP contribution in [0, 0.1) is 5.82 Å². The number of hydrogen-bond donors (Lipinski definition) is 1. The molecule has 0 unspecified atom stereocenters. The molecule has 6 nitrogen and oxygen atoms in total. The van der Waals surface area contributed by atoms with Crippen LogP contribution >= 0.6 is 11.3 Å². The van der Waals surface area contributed by atoms with Crippen molar-refractivity contribution in [1.82, 2.24) is 10.3 Å². The molecule has 1 heterocycles. The lowest BCUT2D eigenvalue weighted by atomic mass is 10.1. The van der Waals surface area contributed by atoms with Crippen LogP contribution in [0.5, 0.6) is 17.2 Å². The van der Waals surface area contributed by atoms with Crippen LogP contribution in [0.2, 0.25) is 0 Å². The van der Waals surface area contributed by atoms with Crippen molar-refractivity contribution in [3.8, 4) is 17.2 Å². The topological polar surface area (TPSA) is 69.7 Å². The highest BCUT2D eigenvalue weighted by Gasteiger charge is 2.11. The molecule has 8 heteroatoms. The average molecular weight is 416 g/mol. The van der Waals surface area contributed by atoms with Gasteiger partial charge in [0.05, 0.1) is 14.2 Å². The second-order valence-corrected chi connectivity index (χ2v) is 7.01. The quantitative estimate of drug-likeness (QED) is 0.574. The molecule has 3 aromatic rings. The zero-order chi connectivity index (χ0) is 20.6. The van der Waals surface area contributed by atoms with E-state index in [4.69, 9.17) is 14.2 Å². The van der Waals surface area contributed by atoms with E-state index in [0.29, 0.717) is 40.9 Å². The lowest BCUT2D eigenvalue weighted by Gasteiger charge is -2.09. The summed E-state index contributed by atoms with van der Waals surface area (Å²) in [5, 5.41) is 5.21. The lowest BCUT2D eigenvalue weighted by molar-refractivity contribution is 0.0949. The van der Waals surface area contributed by atoms with E-state index >= 15 is 0 Å². The molecule has 1 N–H and O–H groups in total. The summed E-state index contributed by atoms with van der Waals surface area (Å²) in [5.74, 6) is 1.30. The molecule has 0 aliphatic rings. The Morgan fingerprint density at radius 2 is 1.86 bits per heavy atom. The number of halogens is 1. The van der Waals surface area contributed by atoms with Gasteiger partial charge in [0, 0.05) is 11.9 Å². The molecule has 0 aliphatic carbocycles. The molecule has 1 amide bonds. The number of carbonyl (C=O) groups is 1. The standard InChI is InChI=1S/C21H21FN2O4S/c1-26-18-8-3-14(11-19(18)27-2)9-10-23-21(25)17-13-29-20(24-17)12-28-16-6-4-15(22)5-7-16/h3-8,11,13H,9-10,12H2,1-2H3,(H,23,25). The maximum Gasteiger partial charge on any atom is 0.270 e. The van der Waals surface area contributed by atoms with Crippen LogP contribution in [-0.4, -0.2) is 31.7 Å². The number of benzene rings is 2. The summed E-state index contributed by atoms with van der Waals surface area (Å²) in [6.45, 7) is 0.683. The van der Waals surface area contributed by atoms with E-state index in [9.17, 15) is 9.18 Å². The monoisotopic (exact) mass is 416 g/mol. The number of aromatic nitrogens is 1. The molecule has 0 spiro atoms. The molecule has 0 saturated carbocycles. The minimum absolute atomic E-state index is 0.217. The molecule has 0 fully saturated rings. The molecule has 0 saturated heterocycles. The summed E-state index contributed by atoms with van der Waals surface area (Å²) in [7, 11) is 3.17. The highest BCUT2D eigenvalue weighted by Crippen LogP contribution is 2.27. The number of carbonyl (C=O) groups excluding carboxylic acids is 1. The Labute approximate surface area is 172 Å². The highest BCUT2D eigenvalue weighted by molar-refractivity contribution is 7.09. The van der Waals surface area contributed by atoms with Crippen molar-refractivity contribution in [2.24, 2.45) is 0 Å². The van der Waals surface area contributed by atoms with Gasteiger partial charge in [-0.15, -0.1) is 11.3 Å². The fourth-order valence-corrected chi connectivity index (χ4v) is 3.29. The fraction of sp³-hybridized carbons (Fsp3) is 0.238. The number of rotatable bonds is 9. The maximum absolute atomic E-state index is 12.9. The number of methoxy groups -OCH3 is 2. The molecule has 29 heavy (non-hydrogen) atoms. The third-order valence-electron chi connectivity index (χ3n) is 4.11. The Kier molecular flexibility index (Phi) is 7.02. The molecule has 2 aromatic carbocycles. The third-order valence-corrected chi connectivity index (χ3v) is 4.93. The number of nitrogens with one attached hydrogen (secondary N) is 1. The van der Waals surface area contributed by atoms with Crippen LogP contribution in [0.4, 0.5) is 4.39 Å². The van der Waals surface area contributed by atoms with Gasteiger partial charge in [-0.3, -0.25) is 4.79 Å². The number of nitrogens with zero attached hydrogens (tertiary/aromatic N) is 1. The molecule has 152 valence electrons. The minimum Gasteiger partial charge on any atom is -0.493 e. The summed E-state index contributed by atoms with van der Waals surface area (Å²) >= 11 is 1.34. The van der Waals surface area contributed by atoms with Crippen molar-refractivity contribution >= 4 is 17.2 Å². The Morgan fingerprint density at radius 1 is 1.10 bits per heavy atom. The average Bonchev–Trinajstić information content (AvgIpc) is 3.22. The van der Waals surface area contributed by atoms with Gasteiger partial charge in [-0.2, -0.15) is 0 Å². The Morgan fingerprint density at radius 3 is 2.59 bits per heavy atom. The lowest BCUT2D eigenvalue weighted by Crippen LogP contribution is -2.26. The van der Waals surface area contributed by atoms with Gasteiger partial charge < -0.3 is 19.5 Å². The third kappa shape index (κ3) is 5.68. The predicted octanol–water partition coefficient (Wildman–Crippen LogP) is 3.85. The van der Waals surface area contributed by atoms with Gasteiger partial charge >= 0.3 is 0 Å². The maximum atomic E-state index is 12.9. The molecule has 0 radical (unpaired) electrons. The second-order valence-electron chi connectivity index (χ2n) is 6.06. The number of ether oxygens (including phenoxy) is 3. The zero-order valence-electron chi connectivity index (χ0n) is 16.1. The molecule has 0 aliphatic heterocycles. The molecular formula is C21H21FN2O4S. The van der Waals surface area contributed by atoms with Crippen LogP contribution in [0.15, 0.2) is 47.8 Å². The van der Waals surface area contributed by atoms with Crippen LogP contribution in [0.1, 0.15) is 21.1 Å². The molecule has 1 aromatic heterocycles. The first-order chi connectivity index (χ1) is 14.1. The molecular weight excluding hydrogens is 395 g/mol. The van der Waals surface area contributed by atoms with Crippen LogP contribution in [0.25, 0.3) is 0 Å². The molecule has 0 bridgehead atoms. The first kappa shape index (κ1) is 20.6. The Bertz CT molecular complexity index is 960. The first-order valence-corrected chi connectivity index (χ1v) is 9.79. The smallest absolute Gasteiger partial charge is 0.270 e. The molecule has 0 atom stereocenters. The van der Waals surface area contributed by atoms with E-state index in [-0.39, 0.29) is 18.3 Å².